The molecular weight excluding hydrogens is 496 g/mol. The fraction of sp³-hybridized carbons (Fsp3) is 0.529. The Hall–Kier alpha value is -3.28. The highest BCUT2D eigenvalue weighted by atomic mass is 16.2. The van der Waals surface area contributed by atoms with Gasteiger partial charge in [-0.2, -0.15) is 0 Å². The van der Waals surface area contributed by atoms with Crippen molar-refractivity contribution in [1.29, 1.82) is 0 Å². The zero-order valence-electron chi connectivity index (χ0n) is 24.3. The average molecular weight is 541 g/mol. The van der Waals surface area contributed by atoms with Crippen LogP contribution in [0.5, 0.6) is 0 Å². The number of benzene rings is 2. The number of para-hydroxylation sites is 1. The molecule has 4 aliphatic rings. The Bertz CT molecular complexity index is 1320. The maximum atomic E-state index is 13.9. The van der Waals surface area contributed by atoms with Gasteiger partial charge in [-0.1, -0.05) is 48.0 Å². The Labute approximate surface area is 238 Å². The number of fused-ring (bicyclic) bond motifs is 1. The number of aromatic amines is 1. The predicted octanol–water partition coefficient (Wildman–Crippen LogP) is 6.44. The van der Waals surface area contributed by atoms with E-state index in [2.05, 4.69) is 65.9 Å². The van der Waals surface area contributed by atoms with Crippen LogP contribution in [0.3, 0.4) is 0 Å². The molecule has 2 N–H and O–H groups in total. The lowest BCUT2D eigenvalue weighted by atomic mass is 9.53. The molecule has 4 aliphatic carbocycles. The molecule has 3 amide bonds. The maximum Gasteiger partial charge on any atom is 0.318 e. The predicted molar refractivity (Wildman–Crippen MR) is 160 cm³/mol. The number of amides is 3. The van der Waals surface area contributed by atoms with Crippen LogP contribution in [0.4, 0.5) is 4.79 Å². The molecule has 0 atom stereocenters. The number of H-pyrrole nitrogens is 1. The second-order valence-corrected chi connectivity index (χ2v) is 13.3. The summed E-state index contributed by atoms with van der Waals surface area (Å²) in [6, 6.07) is 16.5. The van der Waals surface area contributed by atoms with Gasteiger partial charge in [0.05, 0.1) is 0 Å². The van der Waals surface area contributed by atoms with Crippen LogP contribution in [0, 0.1) is 24.7 Å². The van der Waals surface area contributed by atoms with Crippen LogP contribution in [-0.4, -0.2) is 51.4 Å². The van der Waals surface area contributed by atoms with Crippen molar-refractivity contribution in [2.75, 3.05) is 13.1 Å². The van der Waals surface area contributed by atoms with Gasteiger partial charge in [0.1, 0.15) is 6.54 Å². The number of aromatic nitrogens is 1. The van der Waals surface area contributed by atoms with Crippen molar-refractivity contribution in [1.82, 2.24) is 20.1 Å². The summed E-state index contributed by atoms with van der Waals surface area (Å²) in [5.74, 6) is 2.27. The first-order valence-electron chi connectivity index (χ1n) is 15.2. The minimum Gasteiger partial charge on any atom is -0.361 e. The van der Waals surface area contributed by atoms with E-state index in [4.69, 9.17) is 0 Å². The maximum absolute atomic E-state index is 13.9. The number of carbonyl (C=O) groups excluding carboxylic acids is 2. The lowest BCUT2D eigenvalue weighted by Gasteiger charge is -2.57. The fourth-order valence-electron chi connectivity index (χ4n) is 8.10. The van der Waals surface area contributed by atoms with E-state index < -0.39 is 0 Å². The van der Waals surface area contributed by atoms with Crippen molar-refractivity contribution in [3.8, 4) is 0 Å². The summed E-state index contributed by atoms with van der Waals surface area (Å²) in [5, 5.41) is 4.69. The molecule has 4 fully saturated rings. The summed E-state index contributed by atoms with van der Waals surface area (Å²) in [7, 11) is 0. The first-order chi connectivity index (χ1) is 19.3. The largest absolute Gasteiger partial charge is 0.361 e. The molecule has 40 heavy (non-hydrogen) atoms. The molecule has 6 heteroatoms. The molecule has 4 saturated carbocycles. The summed E-state index contributed by atoms with van der Waals surface area (Å²) in [5.41, 5.74) is 4.55. The molecule has 0 spiro atoms. The number of rotatable bonds is 9. The van der Waals surface area contributed by atoms with Crippen LogP contribution in [0.2, 0.25) is 0 Å². The van der Waals surface area contributed by atoms with Crippen LogP contribution in [-0.2, 0) is 17.8 Å². The van der Waals surface area contributed by atoms with Gasteiger partial charge >= 0.3 is 6.03 Å². The summed E-state index contributed by atoms with van der Waals surface area (Å²) in [4.78, 5) is 34.7. The van der Waals surface area contributed by atoms with Crippen molar-refractivity contribution < 1.29 is 9.59 Å². The number of nitrogens with zero attached hydrogens (tertiary/aromatic N) is 2. The molecule has 7 rings (SSSR count). The third-order valence-corrected chi connectivity index (χ3v) is 9.77. The Morgan fingerprint density at radius 3 is 2.27 bits per heavy atom. The highest BCUT2D eigenvalue weighted by molar-refractivity contribution is 5.85. The van der Waals surface area contributed by atoms with Gasteiger partial charge in [0, 0.05) is 41.8 Å². The van der Waals surface area contributed by atoms with Gasteiger partial charge in [0.2, 0.25) is 5.91 Å². The zero-order chi connectivity index (χ0) is 27.9. The van der Waals surface area contributed by atoms with Crippen LogP contribution < -0.4 is 5.32 Å². The van der Waals surface area contributed by atoms with Gasteiger partial charge in [0.25, 0.3) is 0 Å². The monoisotopic (exact) mass is 540 g/mol. The van der Waals surface area contributed by atoms with Gasteiger partial charge in [-0.3, -0.25) is 4.79 Å². The number of aryl methyl sites for hydroxylation is 1. The third kappa shape index (κ3) is 5.63. The van der Waals surface area contributed by atoms with Gasteiger partial charge in [-0.05, 0) is 101 Å². The van der Waals surface area contributed by atoms with Crippen LogP contribution in [0.1, 0.15) is 69.1 Å². The summed E-state index contributed by atoms with van der Waals surface area (Å²) >= 11 is 0. The normalized spacial score (nSPS) is 24.9. The second kappa shape index (κ2) is 10.9. The van der Waals surface area contributed by atoms with Gasteiger partial charge in [-0.25, -0.2) is 4.79 Å². The van der Waals surface area contributed by atoms with Crippen LogP contribution in [0.25, 0.3) is 10.9 Å². The van der Waals surface area contributed by atoms with E-state index in [0.717, 1.165) is 54.5 Å². The molecule has 4 bridgehead atoms. The van der Waals surface area contributed by atoms with E-state index in [1.165, 1.54) is 35.8 Å². The Morgan fingerprint density at radius 1 is 0.975 bits per heavy atom. The van der Waals surface area contributed by atoms with E-state index >= 15 is 0 Å². The van der Waals surface area contributed by atoms with Crippen molar-refractivity contribution in [3.63, 3.8) is 0 Å². The quantitative estimate of drug-likeness (QED) is 0.328. The molecule has 0 aliphatic heterocycles. The van der Waals surface area contributed by atoms with E-state index in [-0.39, 0.29) is 30.1 Å². The summed E-state index contributed by atoms with van der Waals surface area (Å²) < 4.78 is 0. The highest BCUT2D eigenvalue weighted by Crippen LogP contribution is 2.55. The molecule has 3 aromatic rings. The first kappa shape index (κ1) is 26.9. The Kier molecular flexibility index (Phi) is 7.37. The smallest absolute Gasteiger partial charge is 0.318 e. The number of urea groups is 1. The van der Waals surface area contributed by atoms with E-state index in [1.807, 2.05) is 24.8 Å². The van der Waals surface area contributed by atoms with E-state index in [0.29, 0.717) is 13.1 Å². The molecule has 1 aromatic heterocycles. The molecule has 0 radical (unpaired) electrons. The van der Waals surface area contributed by atoms with Crippen molar-refractivity contribution in [3.05, 3.63) is 71.4 Å². The van der Waals surface area contributed by atoms with Crippen LogP contribution in [0.15, 0.2) is 54.7 Å². The van der Waals surface area contributed by atoms with Crippen LogP contribution >= 0.6 is 0 Å². The average Bonchev–Trinajstić information content (AvgIpc) is 3.32. The number of hydrogen-bond acceptors (Lipinski definition) is 2. The highest BCUT2D eigenvalue weighted by Gasteiger charge is 2.52. The molecular formula is C34H44N4O2. The molecule has 1 heterocycles. The lowest BCUT2D eigenvalue weighted by Crippen LogP contribution is -2.63. The second-order valence-electron chi connectivity index (χ2n) is 13.3. The van der Waals surface area contributed by atoms with Crippen molar-refractivity contribution in [2.45, 2.75) is 83.8 Å². The Balaban J connectivity index is 1.17. The van der Waals surface area contributed by atoms with Crippen molar-refractivity contribution >= 4 is 22.8 Å². The van der Waals surface area contributed by atoms with Gasteiger partial charge in [0.15, 0.2) is 0 Å². The Morgan fingerprint density at radius 2 is 1.62 bits per heavy atom. The number of nitrogens with one attached hydrogen (secondary N) is 2. The van der Waals surface area contributed by atoms with Gasteiger partial charge in [-0.15, -0.1) is 0 Å². The molecule has 212 valence electrons. The SMILES string of the molecule is Cc1ccc(CN(CCc2c[nH]c3ccccc23)C(=O)CN(C(=O)NC23CC4CC(CC(C4)C2)C3)C(C)C)cc1. The fourth-order valence-corrected chi connectivity index (χ4v) is 8.10. The number of hydrogen-bond donors (Lipinski definition) is 2. The summed E-state index contributed by atoms with van der Waals surface area (Å²) in [6.07, 6.45) is 10.1. The number of carbonyl (C=O) groups is 2. The molecule has 0 unspecified atom stereocenters. The van der Waals surface area contributed by atoms with E-state index in [9.17, 15) is 9.59 Å². The molecule has 0 saturated heterocycles. The lowest BCUT2D eigenvalue weighted by molar-refractivity contribution is -0.132. The van der Waals surface area contributed by atoms with Gasteiger partial charge < -0.3 is 20.1 Å². The molecule has 6 nitrogen and oxygen atoms in total. The minimum atomic E-state index is -0.0720. The first-order valence-corrected chi connectivity index (χ1v) is 15.2. The van der Waals surface area contributed by atoms with E-state index in [1.54, 1.807) is 4.90 Å². The zero-order valence-corrected chi connectivity index (χ0v) is 24.3. The van der Waals surface area contributed by atoms with Crippen molar-refractivity contribution in [2.24, 2.45) is 17.8 Å². The standard InChI is InChI=1S/C34H44N4O2/c1-23(2)38(33(40)36-34-17-26-14-27(18-34)16-28(15-26)19-34)22-32(39)37(21-25-10-8-24(3)9-11-25)13-12-29-20-35-31-7-5-4-6-30(29)31/h4-11,20,23,26-28,35H,12-19,21-22H2,1-3H3,(H,36,40). The minimum absolute atomic E-state index is 0.00483. The molecule has 2 aromatic carbocycles. The third-order valence-electron chi connectivity index (χ3n) is 9.77. The summed E-state index contributed by atoms with van der Waals surface area (Å²) in [6.45, 7) is 7.33. The topological polar surface area (TPSA) is 68.4 Å².